The molecule has 0 fully saturated rings. The van der Waals surface area contributed by atoms with E-state index in [0.717, 1.165) is 18.7 Å². The summed E-state index contributed by atoms with van der Waals surface area (Å²) in [4.78, 5) is 4.21. The number of anilines is 1. The van der Waals surface area contributed by atoms with Crippen LogP contribution in [0.2, 0.25) is 0 Å². The highest BCUT2D eigenvalue weighted by molar-refractivity contribution is 5.52. The van der Waals surface area contributed by atoms with E-state index in [9.17, 15) is 0 Å². The van der Waals surface area contributed by atoms with Gasteiger partial charge in [0.25, 0.3) is 0 Å². The van der Waals surface area contributed by atoms with Crippen molar-refractivity contribution in [3.05, 3.63) is 30.5 Å². The number of ether oxygens (including phenoxy) is 1. The first-order valence-electron chi connectivity index (χ1n) is 5.65. The van der Waals surface area contributed by atoms with Gasteiger partial charge in [-0.3, -0.25) is 0 Å². The smallest absolute Gasteiger partial charge is 0.237 e. The van der Waals surface area contributed by atoms with E-state index in [2.05, 4.69) is 23.8 Å². The lowest BCUT2D eigenvalue weighted by atomic mass is 10.2. The molecule has 0 spiro atoms. The summed E-state index contributed by atoms with van der Waals surface area (Å²) in [5.41, 5.74) is 2.09. The van der Waals surface area contributed by atoms with Crippen molar-refractivity contribution in [3.8, 4) is 5.88 Å². The summed E-state index contributed by atoms with van der Waals surface area (Å²) in [5.74, 6) is 0.654. The maximum atomic E-state index is 5.61. The normalized spacial score (nSPS) is 10.2. The van der Waals surface area contributed by atoms with E-state index < -0.39 is 0 Å². The van der Waals surface area contributed by atoms with Gasteiger partial charge in [-0.2, -0.15) is 0 Å². The standard InChI is InChI=1S/C13H20N2O/c1-5-11(4)9-15-12-7-6-8-14-13(12)16-10(2)3/h6-8,10,15H,4-5,9H2,1-3H3. The minimum atomic E-state index is 0.129. The van der Waals surface area contributed by atoms with Crippen molar-refractivity contribution < 1.29 is 4.74 Å². The molecule has 3 heteroatoms. The molecule has 0 radical (unpaired) electrons. The van der Waals surface area contributed by atoms with Gasteiger partial charge in [0.05, 0.1) is 11.8 Å². The Morgan fingerprint density at radius 2 is 2.31 bits per heavy atom. The molecule has 0 bridgehead atoms. The van der Waals surface area contributed by atoms with Crippen LogP contribution >= 0.6 is 0 Å². The number of hydrogen-bond donors (Lipinski definition) is 1. The average Bonchev–Trinajstić information content (AvgIpc) is 2.26. The van der Waals surface area contributed by atoms with E-state index in [0.29, 0.717) is 5.88 Å². The van der Waals surface area contributed by atoms with Crippen LogP contribution in [0.4, 0.5) is 5.69 Å². The molecule has 0 aliphatic heterocycles. The fourth-order valence-electron chi connectivity index (χ4n) is 1.19. The molecule has 88 valence electrons. The maximum Gasteiger partial charge on any atom is 0.237 e. The van der Waals surface area contributed by atoms with Crippen LogP contribution in [0.25, 0.3) is 0 Å². The second-order valence-electron chi connectivity index (χ2n) is 3.98. The lowest BCUT2D eigenvalue weighted by Gasteiger charge is -2.14. The van der Waals surface area contributed by atoms with Gasteiger partial charge in [-0.1, -0.05) is 19.1 Å². The van der Waals surface area contributed by atoms with Crippen molar-refractivity contribution >= 4 is 5.69 Å². The quantitative estimate of drug-likeness (QED) is 0.747. The van der Waals surface area contributed by atoms with Gasteiger partial charge in [0.15, 0.2) is 0 Å². The summed E-state index contributed by atoms with van der Waals surface area (Å²) in [6.07, 6.45) is 2.84. The van der Waals surface area contributed by atoms with Crippen molar-refractivity contribution in [1.29, 1.82) is 0 Å². The number of pyridine rings is 1. The van der Waals surface area contributed by atoms with E-state index in [1.54, 1.807) is 6.20 Å². The number of rotatable bonds is 6. The van der Waals surface area contributed by atoms with Gasteiger partial charge in [-0.25, -0.2) is 4.98 Å². The van der Waals surface area contributed by atoms with Gasteiger partial charge in [-0.15, -0.1) is 0 Å². The van der Waals surface area contributed by atoms with Crippen molar-refractivity contribution in [3.63, 3.8) is 0 Å². The van der Waals surface area contributed by atoms with Crippen LogP contribution in [0, 0.1) is 0 Å². The van der Waals surface area contributed by atoms with E-state index in [-0.39, 0.29) is 6.10 Å². The first-order valence-corrected chi connectivity index (χ1v) is 5.65. The summed E-state index contributed by atoms with van der Waals surface area (Å²) < 4.78 is 5.61. The molecule has 1 aromatic heterocycles. The van der Waals surface area contributed by atoms with Crippen molar-refractivity contribution in [2.24, 2.45) is 0 Å². The van der Waals surface area contributed by atoms with Gasteiger partial charge < -0.3 is 10.1 Å². The molecule has 0 atom stereocenters. The fraction of sp³-hybridized carbons (Fsp3) is 0.462. The zero-order valence-corrected chi connectivity index (χ0v) is 10.3. The molecule has 0 aliphatic carbocycles. The molecule has 0 amide bonds. The highest BCUT2D eigenvalue weighted by atomic mass is 16.5. The van der Waals surface area contributed by atoms with Crippen LogP contribution in [-0.2, 0) is 0 Å². The molecule has 0 aromatic carbocycles. The monoisotopic (exact) mass is 220 g/mol. The molecule has 1 rings (SSSR count). The molecule has 0 saturated carbocycles. The van der Waals surface area contributed by atoms with E-state index in [1.165, 1.54) is 5.57 Å². The highest BCUT2D eigenvalue weighted by Crippen LogP contribution is 2.21. The fourth-order valence-corrected chi connectivity index (χ4v) is 1.19. The molecule has 0 aliphatic rings. The number of hydrogen-bond acceptors (Lipinski definition) is 3. The summed E-state index contributed by atoms with van der Waals surface area (Å²) in [7, 11) is 0. The first kappa shape index (κ1) is 12.6. The third kappa shape index (κ3) is 3.93. The Bertz CT molecular complexity index is 348. The second kappa shape index (κ2) is 6.16. The number of nitrogens with one attached hydrogen (secondary N) is 1. The third-order valence-electron chi connectivity index (χ3n) is 2.15. The van der Waals surface area contributed by atoms with Crippen molar-refractivity contribution in [1.82, 2.24) is 4.98 Å². The SMILES string of the molecule is C=C(CC)CNc1cccnc1OC(C)C. The van der Waals surface area contributed by atoms with Crippen LogP contribution in [0.15, 0.2) is 30.5 Å². The summed E-state index contributed by atoms with van der Waals surface area (Å²) in [6, 6.07) is 3.86. The maximum absolute atomic E-state index is 5.61. The Balaban J connectivity index is 2.67. The Morgan fingerprint density at radius 3 is 2.94 bits per heavy atom. The van der Waals surface area contributed by atoms with Crippen molar-refractivity contribution in [2.45, 2.75) is 33.3 Å². The topological polar surface area (TPSA) is 34.2 Å². The lowest BCUT2D eigenvalue weighted by molar-refractivity contribution is 0.234. The predicted octanol–water partition coefficient (Wildman–Crippen LogP) is 3.25. The molecular weight excluding hydrogens is 200 g/mol. The minimum Gasteiger partial charge on any atom is -0.473 e. The summed E-state index contributed by atoms with van der Waals surface area (Å²) >= 11 is 0. The van der Waals surface area contributed by atoms with Crippen LogP contribution in [0.5, 0.6) is 5.88 Å². The number of nitrogens with zero attached hydrogens (tertiary/aromatic N) is 1. The molecular formula is C13H20N2O. The van der Waals surface area contributed by atoms with Gasteiger partial charge in [0.2, 0.25) is 5.88 Å². The lowest BCUT2D eigenvalue weighted by Crippen LogP contribution is -2.11. The summed E-state index contributed by atoms with van der Waals surface area (Å²) in [5, 5.41) is 3.28. The van der Waals surface area contributed by atoms with E-state index in [4.69, 9.17) is 4.74 Å². The number of aromatic nitrogens is 1. The largest absolute Gasteiger partial charge is 0.473 e. The van der Waals surface area contributed by atoms with Crippen LogP contribution in [0.1, 0.15) is 27.2 Å². The average molecular weight is 220 g/mol. The molecule has 0 unspecified atom stereocenters. The first-order chi connectivity index (χ1) is 7.63. The van der Waals surface area contributed by atoms with Gasteiger partial charge in [0, 0.05) is 12.7 Å². The molecule has 3 nitrogen and oxygen atoms in total. The zero-order chi connectivity index (χ0) is 12.0. The second-order valence-corrected chi connectivity index (χ2v) is 3.98. The van der Waals surface area contributed by atoms with Crippen LogP contribution < -0.4 is 10.1 Å². The van der Waals surface area contributed by atoms with E-state index >= 15 is 0 Å². The van der Waals surface area contributed by atoms with E-state index in [1.807, 2.05) is 26.0 Å². The minimum absolute atomic E-state index is 0.129. The third-order valence-corrected chi connectivity index (χ3v) is 2.15. The Labute approximate surface area is 97.5 Å². The summed E-state index contributed by atoms with van der Waals surface area (Å²) in [6.45, 7) is 10.8. The predicted molar refractivity (Wildman–Crippen MR) is 67.9 cm³/mol. The molecule has 16 heavy (non-hydrogen) atoms. The van der Waals surface area contributed by atoms with Gasteiger partial charge in [0.1, 0.15) is 0 Å². The Hall–Kier alpha value is -1.51. The molecule has 0 saturated heterocycles. The van der Waals surface area contributed by atoms with Crippen molar-refractivity contribution in [2.75, 3.05) is 11.9 Å². The van der Waals surface area contributed by atoms with Crippen LogP contribution in [-0.4, -0.2) is 17.6 Å². The molecule has 1 heterocycles. The van der Waals surface area contributed by atoms with Crippen LogP contribution in [0.3, 0.4) is 0 Å². The zero-order valence-electron chi connectivity index (χ0n) is 10.3. The molecule has 1 aromatic rings. The highest BCUT2D eigenvalue weighted by Gasteiger charge is 2.05. The molecule has 1 N–H and O–H groups in total. The Morgan fingerprint density at radius 1 is 1.56 bits per heavy atom. The Kier molecular flexibility index (Phi) is 4.83. The van der Waals surface area contributed by atoms with Gasteiger partial charge >= 0.3 is 0 Å². The van der Waals surface area contributed by atoms with Gasteiger partial charge in [-0.05, 0) is 32.4 Å².